The molecule has 1 N–H and O–H groups in total. The van der Waals surface area contributed by atoms with Gasteiger partial charge in [-0.2, -0.15) is 0 Å². The Balaban J connectivity index is 1.88. The summed E-state index contributed by atoms with van der Waals surface area (Å²) in [4.78, 5) is 11.2. The Bertz CT molecular complexity index is 473. The van der Waals surface area contributed by atoms with E-state index in [0.29, 0.717) is 17.9 Å². The molecule has 0 aliphatic rings. The van der Waals surface area contributed by atoms with Crippen LogP contribution in [0, 0.1) is 0 Å². The summed E-state index contributed by atoms with van der Waals surface area (Å²) in [6.07, 6.45) is 18.7. The molecule has 3 heteroatoms. The van der Waals surface area contributed by atoms with E-state index in [0.717, 1.165) is 6.42 Å². The van der Waals surface area contributed by atoms with Crippen molar-refractivity contribution in [2.75, 3.05) is 6.61 Å². The molecule has 0 atom stereocenters. The number of hydrogen-bond donors (Lipinski definition) is 0. The fraction of sp³-hybridized carbons (Fsp3) is 0.696. The molecule has 1 rings (SSSR count). The average molecular weight is 361 g/mol. The van der Waals surface area contributed by atoms with Crippen LogP contribution in [-0.4, -0.2) is 12.5 Å². The number of carbonyl (C=O) groups excluding carboxylic acids is 1. The molecule has 1 aromatic rings. The lowest BCUT2D eigenvalue weighted by Gasteiger charge is -2.09. The molecule has 0 aliphatic heterocycles. The molecule has 0 aliphatic carbocycles. The molecule has 0 unspecified atom stereocenters. The van der Waals surface area contributed by atoms with E-state index < -0.39 is 5.91 Å². The first kappa shape index (κ1) is 22.5. The maximum Gasteiger partial charge on any atom is 0.273 e. The number of nitrogens with one attached hydrogen (secondary N) is 1. The largest absolute Gasteiger partial charge is 0.493 e. The van der Waals surface area contributed by atoms with Crippen molar-refractivity contribution in [3.05, 3.63) is 29.8 Å². The van der Waals surface area contributed by atoms with Crippen molar-refractivity contribution >= 4 is 5.91 Å². The van der Waals surface area contributed by atoms with Gasteiger partial charge >= 0.3 is 0 Å². The third-order valence-corrected chi connectivity index (χ3v) is 4.89. The average Bonchev–Trinajstić information content (AvgIpc) is 2.65. The predicted molar refractivity (Wildman–Crippen MR) is 110 cm³/mol. The lowest BCUT2D eigenvalue weighted by Crippen LogP contribution is -2.05. The van der Waals surface area contributed by atoms with E-state index in [4.69, 9.17) is 10.5 Å². The van der Waals surface area contributed by atoms with Crippen molar-refractivity contribution < 1.29 is 9.53 Å². The van der Waals surface area contributed by atoms with E-state index in [-0.39, 0.29) is 0 Å². The zero-order valence-electron chi connectivity index (χ0n) is 16.7. The lowest BCUT2D eigenvalue weighted by molar-refractivity contribution is 0.0988. The summed E-state index contributed by atoms with van der Waals surface area (Å²) in [7, 11) is 0. The third kappa shape index (κ3) is 11.2. The van der Waals surface area contributed by atoms with Crippen molar-refractivity contribution in [3.8, 4) is 5.75 Å². The van der Waals surface area contributed by atoms with Gasteiger partial charge in [-0.25, -0.2) is 0 Å². The summed E-state index contributed by atoms with van der Waals surface area (Å²) < 4.78 is 5.66. The van der Waals surface area contributed by atoms with Gasteiger partial charge in [0.05, 0.1) is 12.2 Å². The molecule has 1 radical (unpaired) electrons. The summed E-state index contributed by atoms with van der Waals surface area (Å²) in [5, 5.41) is 0. The molecule has 1 amide bonds. The number of ether oxygens (including phenoxy) is 1. The summed E-state index contributed by atoms with van der Waals surface area (Å²) in [5.41, 5.74) is 7.59. The van der Waals surface area contributed by atoms with E-state index in [9.17, 15) is 4.79 Å². The molecule has 0 fully saturated rings. The molecular weight excluding hydrogens is 322 g/mol. The van der Waals surface area contributed by atoms with Crippen molar-refractivity contribution in [1.29, 1.82) is 0 Å². The molecular formula is C23H38NO2. The van der Waals surface area contributed by atoms with Gasteiger partial charge in [0.25, 0.3) is 5.91 Å². The van der Waals surface area contributed by atoms with Crippen LogP contribution in [0.3, 0.4) is 0 Å². The number of hydrogen-bond acceptors (Lipinski definition) is 2. The van der Waals surface area contributed by atoms with Crippen molar-refractivity contribution in [1.82, 2.24) is 5.73 Å². The van der Waals surface area contributed by atoms with Crippen LogP contribution < -0.4 is 10.5 Å². The minimum atomic E-state index is -0.679. The van der Waals surface area contributed by atoms with Crippen LogP contribution in [0.4, 0.5) is 0 Å². The third-order valence-electron chi connectivity index (χ3n) is 4.89. The minimum absolute atomic E-state index is 0.359. The Morgan fingerprint density at radius 3 is 1.73 bits per heavy atom. The molecule has 3 nitrogen and oxygen atoms in total. The van der Waals surface area contributed by atoms with Gasteiger partial charge in [-0.1, -0.05) is 103 Å². The molecule has 0 aromatic heterocycles. The second-order valence-corrected chi connectivity index (χ2v) is 7.27. The van der Waals surface area contributed by atoms with Crippen LogP contribution in [0.1, 0.15) is 107 Å². The summed E-state index contributed by atoms with van der Waals surface area (Å²) in [6.45, 7) is 2.90. The zero-order chi connectivity index (χ0) is 18.9. The standard InChI is InChI=1S/C23H38NO2/c1-2-3-4-5-6-7-8-9-10-11-12-13-14-17-20-26-22-19-16-15-18-21(22)23(24)25/h15-16,18-19,24H,2-14,17,20H2,1H3. The second-order valence-electron chi connectivity index (χ2n) is 7.27. The van der Waals surface area contributed by atoms with Crippen molar-refractivity contribution in [2.24, 2.45) is 0 Å². The summed E-state index contributed by atoms with van der Waals surface area (Å²) >= 11 is 0. The zero-order valence-corrected chi connectivity index (χ0v) is 16.7. The van der Waals surface area contributed by atoms with Crippen molar-refractivity contribution in [2.45, 2.75) is 96.8 Å². The SMILES string of the molecule is CCCCCCCCCCCCCCCCOc1ccccc1C([NH])=O. The first-order valence-corrected chi connectivity index (χ1v) is 10.7. The summed E-state index contributed by atoms with van der Waals surface area (Å²) in [6, 6.07) is 7.02. The van der Waals surface area contributed by atoms with Gasteiger partial charge < -0.3 is 4.74 Å². The lowest BCUT2D eigenvalue weighted by atomic mass is 10.0. The molecule has 26 heavy (non-hydrogen) atoms. The van der Waals surface area contributed by atoms with Crippen LogP contribution in [0.15, 0.2) is 24.3 Å². The number of unbranched alkanes of at least 4 members (excludes halogenated alkanes) is 13. The molecule has 147 valence electrons. The van der Waals surface area contributed by atoms with Crippen LogP contribution in [-0.2, 0) is 0 Å². The Hall–Kier alpha value is -1.51. The number of para-hydroxylation sites is 1. The predicted octanol–water partition coefficient (Wildman–Crippen LogP) is 6.97. The minimum Gasteiger partial charge on any atom is -0.493 e. The quantitative estimate of drug-likeness (QED) is 0.282. The Labute approximate surface area is 160 Å². The highest BCUT2D eigenvalue weighted by Gasteiger charge is 2.08. The summed E-state index contributed by atoms with van der Waals surface area (Å²) in [5.74, 6) is -0.135. The highest BCUT2D eigenvalue weighted by Crippen LogP contribution is 2.18. The van der Waals surface area contributed by atoms with E-state index in [1.54, 1.807) is 18.2 Å². The Morgan fingerprint density at radius 1 is 0.769 bits per heavy atom. The van der Waals surface area contributed by atoms with Gasteiger partial charge in [0.15, 0.2) is 0 Å². The first-order chi connectivity index (χ1) is 12.8. The Kier molecular flexibility index (Phi) is 13.6. The van der Waals surface area contributed by atoms with Gasteiger partial charge in [0, 0.05) is 0 Å². The van der Waals surface area contributed by atoms with E-state index in [2.05, 4.69) is 6.92 Å². The molecule has 0 spiro atoms. The maximum absolute atomic E-state index is 11.2. The van der Waals surface area contributed by atoms with E-state index in [1.807, 2.05) is 6.07 Å². The maximum atomic E-state index is 11.2. The van der Waals surface area contributed by atoms with Crippen molar-refractivity contribution in [3.63, 3.8) is 0 Å². The number of carbonyl (C=O) groups is 1. The van der Waals surface area contributed by atoms with E-state index >= 15 is 0 Å². The monoisotopic (exact) mass is 360 g/mol. The van der Waals surface area contributed by atoms with Crippen LogP contribution in [0.25, 0.3) is 0 Å². The first-order valence-electron chi connectivity index (χ1n) is 10.7. The molecule has 0 saturated carbocycles. The van der Waals surface area contributed by atoms with Gasteiger partial charge in [0.1, 0.15) is 5.75 Å². The topological polar surface area (TPSA) is 50.1 Å². The van der Waals surface area contributed by atoms with Gasteiger partial charge in [0.2, 0.25) is 0 Å². The molecule has 0 bridgehead atoms. The van der Waals surface area contributed by atoms with Crippen LogP contribution in [0.5, 0.6) is 5.75 Å². The van der Waals surface area contributed by atoms with E-state index in [1.165, 1.54) is 83.5 Å². The van der Waals surface area contributed by atoms with Gasteiger partial charge in [-0.3, -0.25) is 10.5 Å². The van der Waals surface area contributed by atoms with Crippen LogP contribution >= 0.6 is 0 Å². The number of benzene rings is 1. The fourth-order valence-electron chi connectivity index (χ4n) is 3.26. The fourth-order valence-corrected chi connectivity index (χ4v) is 3.26. The highest BCUT2D eigenvalue weighted by molar-refractivity contribution is 5.94. The highest BCUT2D eigenvalue weighted by atomic mass is 16.5. The number of amides is 1. The normalized spacial score (nSPS) is 10.8. The number of rotatable bonds is 17. The smallest absolute Gasteiger partial charge is 0.273 e. The molecule has 0 heterocycles. The van der Waals surface area contributed by atoms with Crippen LogP contribution in [0.2, 0.25) is 0 Å². The molecule has 1 aromatic carbocycles. The Morgan fingerprint density at radius 2 is 1.23 bits per heavy atom. The van der Waals surface area contributed by atoms with Gasteiger partial charge in [-0.15, -0.1) is 0 Å². The van der Waals surface area contributed by atoms with Gasteiger partial charge in [-0.05, 0) is 18.6 Å². The second kappa shape index (κ2) is 15.7. The molecule has 0 saturated heterocycles.